The molecule has 0 amide bonds. The standard InChI is InChI=1S/C22H19N3O2S/c1-27-20-14-8-6-12-18(20)21(24-19-13-7-5-9-16(19)15-26)25-22(28)23-17-10-3-2-4-11-17/h2-15H,1H3,(H2,23,24,25,28). The third-order valence-electron chi connectivity index (χ3n) is 3.94. The smallest absolute Gasteiger partial charge is 0.199 e. The number of carbonyl (C=O) groups excluding carboxylic acids is 1. The topological polar surface area (TPSA) is 62.7 Å². The number of aldehydes is 1. The van der Waals surface area contributed by atoms with Crippen molar-refractivity contribution >= 4 is 40.8 Å². The molecule has 3 aromatic rings. The Morgan fingerprint density at radius 1 is 0.929 bits per heavy atom. The first-order valence-electron chi connectivity index (χ1n) is 8.60. The van der Waals surface area contributed by atoms with Crippen LogP contribution in [0.25, 0.3) is 0 Å². The van der Waals surface area contributed by atoms with Crippen molar-refractivity contribution in [3.05, 3.63) is 90.0 Å². The quantitative estimate of drug-likeness (QED) is 0.285. The number of carbonyl (C=O) groups is 1. The average molecular weight is 389 g/mol. The van der Waals surface area contributed by atoms with Crippen LogP contribution in [0.3, 0.4) is 0 Å². The van der Waals surface area contributed by atoms with Crippen molar-refractivity contribution < 1.29 is 9.53 Å². The van der Waals surface area contributed by atoms with Gasteiger partial charge in [-0.05, 0) is 48.6 Å². The van der Waals surface area contributed by atoms with Gasteiger partial charge in [-0.15, -0.1) is 0 Å². The number of rotatable bonds is 5. The van der Waals surface area contributed by atoms with Gasteiger partial charge in [-0.3, -0.25) is 4.79 Å². The van der Waals surface area contributed by atoms with Gasteiger partial charge in [-0.2, -0.15) is 0 Å². The molecule has 0 saturated heterocycles. The summed E-state index contributed by atoms with van der Waals surface area (Å²) in [7, 11) is 1.59. The minimum atomic E-state index is 0.281. The molecule has 0 radical (unpaired) electrons. The maximum Gasteiger partial charge on any atom is 0.199 e. The molecule has 0 aliphatic heterocycles. The van der Waals surface area contributed by atoms with Gasteiger partial charge in [0.1, 0.15) is 11.6 Å². The molecule has 28 heavy (non-hydrogen) atoms. The Kier molecular flexibility index (Phi) is 6.49. The van der Waals surface area contributed by atoms with Crippen molar-refractivity contribution in [3.8, 4) is 5.75 Å². The highest BCUT2D eigenvalue weighted by Gasteiger charge is 2.13. The third-order valence-corrected chi connectivity index (χ3v) is 4.13. The van der Waals surface area contributed by atoms with Crippen LogP contribution in [0.2, 0.25) is 0 Å². The van der Waals surface area contributed by atoms with E-state index in [2.05, 4.69) is 15.6 Å². The van der Waals surface area contributed by atoms with Crippen molar-refractivity contribution in [3.63, 3.8) is 0 Å². The van der Waals surface area contributed by atoms with E-state index in [9.17, 15) is 4.79 Å². The molecule has 5 nitrogen and oxygen atoms in total. The molecule has 2 N–H and O–H groups in total. The highest BCUT2D eigenvalue weighted by molar-refractivity contribution is 7.80. The van der Waals surface area contributed by atoms with Crippen LogP contribution in [-0.2, 0) is 0 Å². The van der Waals surface area contributed by atoms with E-state index < -0.39 is 0 Å². The van der Waals surface area contributed by atoms with E-state index in [-0.39, 0.29) is 5.11 Å². The van der Waals surface area contributed by atoms with Crippen LogP contribution in [0.5, 0.6) is 5.75 Å². The summed E-state index contributed by atoms with van der Waals surface area (Å²) in [5.41, 5.74) is 2.71. The molecule has 0 heterocycles. The number of nitrogens with zero attached hydrogens (tertiary/aromatic N) is 1. The van der Waals surface area contributed by atoms with Gasteiger partial charge in [-0.1, -0.05) is 42.5 Å². The van der Waals surface area contributed by atoms with Gasteiger partial charge < -0.3 is 15.4 Å². The Morgan fingerprint density at radius 3 is 2.36 bits per heavy atom. The number of nitrogens with one attached hydrogen (secondary N) is 2. The molecule has 3 rings (SSSR count). The first-order chi connectivity index (χ1) is 13.7. The Bertz CT molecular complexity index is 1000. The summed E-state index contributed by atoms with van der Waals surface area (Å²) in [5.74, 6) is 1.11. The lowest BCUT2D eigenvalue weighted by Gasteiger charge is -2.15. The number of methoxy groups -OCH3 is 1. The number of hydrogen-bond acceptors (Lipinski definition) is 3. The molecule has 0 bridgehead atoms. The van der Waals surface area contributed by atoms with Gasteiger partial charge >= 0.3 is 0 Å². The summed E-state index contributed by atoms with van der Waals surface area (Å²) in [6, 6.07) is 24.2. The van der Waals surface area contributed by atoms with Crippen LogP contribution in [0.4, 0.5) is 11.4 Å². The molecule has 0 saturated carbocycles. The normalized spacial score (nSPS) is 10.8. The number of aliphatic imine (C=N–C) groups is 1. The van der Waals surface area contributed by atoms with Gasteiger partial charge in [-0.25, -0.2) is 4.99 Å². The van der Waals surface area contributed by atoms with E-state index >= 15 is 0 Å². The van der Waals surface area contributed by atoms with E-state index in [4.69, 9.17) is 17.0 Å². The Hall–Kier alpha value is -3.51. The molecule has 140 valence electrons. The average Bonchev–Trinajstić information content (AvgIpc) is 2.74. The summed E-state index contributed by atoms with van der Waals surface area (Å²) in [4.78, 5) is 15.9. The molecule has 0 spiro atoms. The maximum atomic E-state index is 11.4. The van der Waals surface area contributed by atoms with E-state index in [1.165, 1.54) is 0 Å². The first-order valence-corrected chi connectivity index (χ1v) is 9.01. The zero-order chi connectivity index (χ0) is 19.8. The lowest BCUT2D eigenvalue weighted by atomic mass is 10.1. The molecule has 0 atom stereocenters. The van der Waals surface area contributed by atoms with Gasteiger partial charge in [0, 0.05) is 11.3 Å². The van der Waals surface area contributed by atoms with Gasteiger partial charge in [0.2, 0.25) is 0 Å². The number of para-hydroxylation sites is 3. The minimum Gasteiger partial charge on any atom is -0.496 e. The highest BCUT2D eigenvalue weighted by Crippen LogP contribution is 2.21. The summed E-state index contributed by atoms with van der Waals surface area (Å²) >= 11 is 5.42. The number of anilines is 2. The van der Waals surface area contributed by atoms with Crippen LogP contribution in [-0.4, -0.2) is 24.3 Å². The molecule has 3 aromatic carbocycles. The molecule has 0 fully saturated rings. The molecule has 6 heteroatoms. The second kappa shape index (κ2) is 9.43. The Labute approximate surface area is 169 Å². The SMILES string of the molecule is COc1ccccc1C(=NC(=S)Nc1ccccc1)Nc1ccccc1C=O. The Balaban J connectivity index is 1.98. The fraction of sp³-hybridized carbons (Fsp3) is 0.0455. The van der Waals surface area contributed by atoms with Crippen LogP contribution in [0.15, 0.2) is 83.9 Å². The predicted molar refractivity (Wildman–Crippen MR) is 118 cm³/mol. The fourth-order valence-corrected chi connectivity index (χ4v) is 2.82. The monoisotopic (exact) mass is 389 g/mol. The fourth-order valence-electron chi connectivity index (χ4n) is 2.61. The lowest BCUT2D eigenvalue weighted by Crippen LogP contribution is -2.19. The number of amidine groups is 1. The molecule has 0 aliphatic rings. The van der Waals surface area contributed by atoms with E-state index in [1.54, 1.807) is 19.2 Å². The number of benzene rings is 3. The predicted octanol–water partition coefficient (Wildman–Crippen LogP) is 4.76. The number of hydrogen-bond donors (Lipinski definition) is 2. The van der Waals surface area contributed by atoms with Crippen LogP contribution < -0.4 is 15.4 Å². The summed E-state index contributed by atoms with van der Waals surface area (Å²) < 4.78 is 5.47. The summed E-state index contributed by atoms with van der Waals surface area (Å²) in [5, 5.41) is 6.59. The van der Waals surface area contributed by atoms with Crippen molar-refractivity contribution in [2.24, 2.45) is 4.99 Å². The second-order valence-electron chi connectivity index (χ2n) is 5.79. The van der Waals surface area contributed by atoms with Crippen molar-refractivity contribution in [2.75, 3.05) is 17.7 Å². The van der Waals surface area contributed by atoms with E-state index in [0.29, 0.717) is 22.8 Å². The zero-order valence-electron chi connectivity index (χ0n) is 15.3. The summed E-state index contributed by atoms with van der Waals surface area (Å²) in [6.07, 6.45) is 0.794. The van der Waals surface area contributed by atoms with Gasteiger partial charge in [0.15, 0.2) is 11.4 Å². The maximum absolute atomic E-state index is 11.4. The second-order valence-corrected chi connectivity index (χ2v) is 6.17. The van der Waals surface area contributed by atoms with Crippen LogP contribution in [0.1, 0.15) is 15.9 Å². The zero-order valence-corrected chi connectivity index (χ0v) is 16.1. The Morgan fingerprint density at radius 2 is 1.61 bits per heavy atom. The summed E-state index contributed by atoms with van der Waals surface area (Å²) in [6.45, 7) is 0. The van der Waals surface area contributed by atoms with Gasteiger partial charge in [0.25, 0.3) is 0 Å². The molecular weight excluding hydrogens is 370 g/mol. The van der Waals surface area contributed by atoms with Gasteiger partial charge in [0.05, 0.1) is 18.4 Å². The van der Waals surface area contributed by atoms with E-state index in [0.717, 1.165) is 17.5 Å². The minimum absolute atomic E-state index is 0.281. The highest BCUT2D eigenvalue weighted by atomic mass is 32.1. The molecule has 0 aromatic heterocycles. The lowest BCUT2D eigenvalue weighted by molar-refractivity contribution is 0.112. The van der Waals surface area contributed by atoms with Crippen LogP contribution >= 0.6 is 12.2 Å². The van der Waals surface area contributed by atoms with E-state index in [1.807, 2.05) is 66.7 Å². The van der Waals surface area contributed by atoms with Crippen molar-refractivity contribution in [1.29, 1.82) is 0 Å². The largest absolute Gasteiger partial charge is 0.496 e. The number of ether oxygens (including phenoxy) is 1. The van der Waals surface area contributed by atoms with Crippen molar-refractivity contribution in [1.82, 2.24) is 0 Å². The first kappa shape index (κ1) is 19.3. The number of thiocarbonyl (C=S) groups is 1. The van der Waals surface area contributed by atoms with Crippen molar-refractivity contribution in [2.45, 2.75) is 0 Å². The molecule has 0 unspecified atom stereocenters. The van der Waals surface area contributed by atoms with Crippen LogP contribution in [0, 0.1) is 0 Å². The third kappa shape index (κ3) is 4.81. The molecule has 0 aliphatic carbocycles. The molecular formula is C22H19N3O2S.